The van der Waals surface area contributed by atoms with Gasteiger partial charge in [-0.15, -0.1) is 0 Å². The molecule has 8 nitrogen and oxygen atoms in total. The van der Waals surface area contributed by atoms with Crippen LogP contribution in [0.1, 0.15) is 37.8 Å². The third kappa shape index (κ3) is 3.99. The van der Waals surface area contributed by atoms with Gasteiger partial charge in [-0.3, -0.25) is 9.78 Å². The number of hydrogen-bond donors (Lipinski definition) is 2. The number of amides is 1. The van der Waals surface area contributed by atoms with Crippen molar-refractivity contribution in [2.24, 2.45) is 11.1 Å². The Balaban J connectivity index is 1.31. The number of hydrogen-bond acceptors (Lipinski definition) is 6. The molecule has 0 atom stereocenters. The number of likely N-dealkylation sites (tertiary alicyclic amines) is 1. The highest BCUT2D eigenvalue weighted by Gasteiger charge is 2.50. The largest absolute Gasteiger partial charge is 0.456 e. The van der Waals surface area contributed by atoms with Crippen molar-refractivity contribution in [1.29, 1.82) is 0 Å². The van der Waals surface area contributed by atoms with Crippen molar-refractivity contribution in [3.05, 3.63) is 54.2 Å². The Morgan fingerprint density at radius 2 is 2.00 bits per heavy atom. The number of ether oxygens (including phenoxy) is 1. The van der Waals surface area contributed by atoms with Gasteiger partial charge in [-0.25, -0.2) is 4.68 Å². The van der Waals surface area contributed by atoms with E-state index in [1.807, 2.05) is 52.0 Å². The number of aromatic nitrogens is 3. The van der Waals surface area contributed by atoms with Crippen molar-refractivity contribution in [3.63, 3.8) is 0 Å². The number of anilines is 1. The number of rotatable bonds is 5. The molecule has 0 radical (unpaired) electrons. The van der Waals surface area contributed by atoms with E-state index >= 15 is 0 Å². The van der Waals surface area contributed by atoms with Gasteiger partial charge >= 0.3 is 0 Å². The van der Waals surface area contributed by atoms with Crippen LogP contribution in [-0.4, -0.2) is 38.7 Å². The van der Waals surface area contributed by atoms with Gasteiger partial charge in [0.1, 0.15) is 23.0 Å². The third-order valence-corrected chi connectivity index (χ3v) is 6.85. The standard InChI is InChI=1S/C26H28N6O2/c1-2-6-23(33)31-12-11-26(17-31)13-18(14-26)32-25(28)21(15-27)24(30-32)22-10-9-20(16-29-22)34-19-7-4-3-5-8-19/h3-5,7-10,16,18H,11-15,17,27-28H2,1H3/t18-,26+. The minimum atomic E-state index is -0.0834. The molecule has 3 aromatic rings. The molecule has 0 unspecified atom stereocenters. The molecule has 2 aromatic heterocycles. The summed E-state index contributed by atoms with van der Waals surface area (Å²) < 4.78 is 7.74. The van der Waals surface area contributed by atoms with Crippen molar-refractivity contribution in [2.75, 3.05) is 18.8 Å². The van der Waals surface area contributed by atoms with Crippen molar-refractivity contribution < 1.29 is 9.53 Å². The first-order valence-corrected chi connectivity index (χ1v) is 11.5. The van der Waals surface area contributed by atoms with E-state index in [4.69, 9.17) is 21.3 Å². The molecule has 1 saturated heterocycles. The molecule has 2 aliphatic rings. The third-order valence-electron chi connectivity index (χ3n) is 6.85. The Kier molecular flexibility index (Phi) is 5.72. The molecular weight excluding hydrogens is 428 g/mol. The lowest BCUT2D eigenvalue weighted by molar-refractivity contribution is -0.125. The molecule has 1 saturated carbocycles. The number of benzene rings is 1. The molecule has 3 heterocycles. The van der Waals surface area contributed by atoms with E-state index in [0.717, 1.165) is 43.7 Å². The highest BCUT2D eigenvalue weighted by atomic mass is 16.5. The molecular formula is C26H28N6O2. The van der Waals surface area contributed by atoms with Crippen LogP contribution >= 0.6 is 0 Å². The average Bonchev–Trinajstić information content (AvgIpc) is 3.41. The number of nitrogens with two attached hydrogens (primary N) is 2. The van der Waals surface area contributed by atoms with Crippen molar-refractivity contribution in [3.8, 4) is 34.7 Å². The van der Waals surface area contributed by atoms with E-state index in [2.05, 4.69) is 16.8 Å². The van der Waals surface area contributed by atoms with Crippen LogP contribution in [0.25, 0.3) is 11.4 Å². The van der Waals surface area contributed by atoms with E-state index in [9.17, 15) is 4.79 Å². The zero-order valence-corrected chi connectivity index (χ0v) is 19.2. The van der Waals surface area contributed by atoms with Gasteiger partial charge < -0.3 is 21.1 Å². The van der Waals surface area contributed by atoms with E-state index in [1.165, 1.54) is 0 Å². The van der Waals surface area contributed by atoms with Gasteiger partial charge in [0.15, 0.2) is 0 Å². The minimum absolute atomic E-state index is 0.0834. The predicted octanol–water partition coefficient (Wildman–Crippen LogP) is 3.36. The molecule has 4 N–H and O–H groups in total. The summed E-state index contributed by atoms with van der Waals surface area (Å²) >= 11 is 0. The Morgan fingerprint density at radius 3 is 2.68 bits per heavy atom. The monoisotopic (exact) mass is 456 g/mol. The van der Waals surface area contributed by atoms with Crippen molar-refractivity contribution in [1.82, 2.24) is 19.7 Å². The molecule has 1 amide bonds. The second kappa shape index (κ2) is 8.84. The lowest BCUT2D eigenvalue weighted by Gasteiger charge is -2.45. The highest BCUT2D eigenvalue weighted by molar-refractivity contribution is 5.93. The molecule has 34 heavy (non-hydrogen) atoms. The number of para-hydroxylation sites is 1. The quantitative estimate of drug-likeness (QED) is 0.570. The average molecular weight is 457 g/mol. The summed E-state index contributed by atoms with van der Waals surface area (Å²) in [6.45, 7) is 3.48. The maximum Gasteiger partial charge on any atom is 0.298 e. The van der Waals surface area contributed by atoms with Gasteiger partial charge in [0, 0.05) is 25.2 Å². The summed E-state index contributed by atoms with van der Waals surface area (Å²) in [7, 11) is 0. The molecule has 5 rings (SSSR count). The van der Waals surface area contributed by atoms with Gasteiger partial charge in [-0.1, -0.05) is 24.1 Å². The highest BCUT2D eigenvalue weighted by Crippen LogP contribution is 2.54. The number of carbonyl (C=O) groups is 1. The summed E-state index contributed by atoms with van der Waals surface area (Å²) in [4.78, 5) is 18.6. The molecule has 1 aliphatic carbocycles. The van der Waals surface area contributed by atoms with Crippen LogP contribution in [-0.2, 0) is 11.3 Å². The number of nitrogen functional groups attached to an aromatic ring is 1. The fraction of sp³-hybridized carbons (Fsp3) is 0.346. The molecule has 0 bridgehead atoms. The first-order chi connectivity index (χ1) is 16.5. The van der Waals surface area contributed by atoms with Gasteiger partial charge in [-0.2, -0.15) is 5.10 Å². The summed E-state index contributed by atoms with van der Waals surface area (Å²) in [6.07, 6.45) is 4.54. The predicted molar refractivity (Wildman–Crippen MR) is 130 cm³/mol. The van der Waals surface area contributed by atoms with E-state index in [-0.39, 0.29) is 23.9 Å². The van der Waals surface area contributed by atoms with Crippen molar-refractivity contribution in [2.45, 2.75) is 38.8 Å². The fourth-order valence-electron chi connectivity index (χ4n) is 5.11. The smallest absolute Gasteiger partial charge is 0.298 e. The van der Waals surface area contributed by atoms with Crippen LogP contribution in [0, 0.1) is 17.3 Å². The van der Waals surface area contributed by atoms with Gasteiger partial charge in [-0.05, 0) is 61.8 Å². The summed E-state index contributed by atoms with van der Waals surface area (Å²) in [5, 5.41) is 4.83. The number of carbonyl (C=O) groups excluding carboxylic acids is 1. The van der Waals surface area contributed by atoms with Crippen LogP contribution in [0.15, 0.2) is 48.7 Å². The van der Waals surface area contributed by atoms with Crippen molar-refractivity contribution >= 4 is 11.7 Å². The maximum atomic E-state index is 12.1. The van der Waals surface area contributed by atoms with E-state index in [1.54, 1.807) is 13.1 Å². The minimum Gasteiger partial charge on any atom is -0.456 e. The number of nitrogens with zero attached hydrogens (tertiary/aromatic N) is 4. The fourth-order valence-corrected chi connectivity index (χ4v) is 5.11. The number of pyridine rings is 1. The lowest BCUT2D eigenvalue weighted by Crippen LogP contribution is -2.42. The van der Waals surface area contributed by atoms with Crippen LogP contribution in [0.2, 0.25) is 0 Å². The zero-order chi connectivity index (χ0) is 23.7. The molecule has 2 fully saturated rings. The second-order valence-electron chi connectivity index (χ2n) is 9.07. The molecule has 1 aromatic carbocycles. The topological polar surface area (TPSA) is 112 Å². The van der Waals surface area contributed by atoms with Gasteiger partial charge in [0.2, 0.25) is 0 Å². The maximum absolute atomic E-state index is 12.1. The second-order valence-corrected chi connectivity index (χ2v) is 9.07. The van der Waals surface area contributed by atoms with E-state index in [0.29, 0.717) is 23.0 Å². The van der Waals surface area contributed by atoms with Gasteiger partial charge in [0.05, 0.1) is 17.9 Å². The Morgan fingerprint density at radius 1 is 1.21 bits per heavy atom. The summed E-state index contributed by atoms with van der Waals surface area (Å²) in [6, 6.07) is 13.5. The Hall–Kier alpha value is -3.83. The Bertz CT molecular complexity index is 1250. The normalized spacial score (nSPS) is 21.1. The zero-order valence-electron chi connectivity index (χ0n) is 19.2. The van der Waals surface area contributed by atoms with Crippen LogP contribution in [0.5, 0.6) is 11.5 Å². The van der Waals surface area contributed by atoms with Crippen LogP contribution in [0.4, 0.5) is 5.82 Å². The molecule has 174 valence electrons. The van der Waals surface area contributed by atoms with Crippen LogP contribution < -0.4 is 16.2 Å². The summed E-state index contributed by atoms with van der Waals surface area (Å²) in [5.41, 5.74) is 14.9. The SMILES string of the molecule is CC#CC(=O)N1CC[C@]2(C1)C[C@@H](n1nc(-c3ccc(Oc4ccccc4)cn3)c(CN)c1N)C2. The first kappa shape index (κ1) is 22.0. The van der Waals surface area contributed by atoms with Gasteiger partial charge in [0.25, 0.3) is 5.91 Å². The molecule has 1 aliphatic heterocycles. The lowest BCUT2D eigenvalue weighted by atomic mass is 9.65. The van der Waals surface area contributed by atoms with E-state index < -0.39 is 0 Å². The first-order valence-electron chi connectivity index (χ1n) is 11.5. The Labute approximate surface area is 198 Å². The molecule has 8 heteroatoms. The molecule has 1 spiro atoms. The van der Waals surface area contributed by atoms with Crippen LogP contribution in [0.3, 0.4) is 0 Å². The summed E-state index contributed by atoms with van der Waals surface area (Å²) in [5.74, 6) is 7.25.